The van der Waals surface area contributed by atoms with E-state index in [0.717, 1.165) is 35.9 Å². The predicted octanol–water partition coefficient (Wildman–Crippen LogP) is 3.80. The highest BCUT2D eigenvalue weighted by atomic mass is 35.5. The van der Waals surface area contributed by atoms with Crippen LogP contribution < -0.4 is 10.1 Å². The number of rotatable bonds is 6. The number of hydrogen-bond donors (Lipinski definition) is 1. The second-order valence-corrected chi connectivity index (χ2v) is 4.22. The van der Waals surface area contributed by atoms with Gasteiger partial charge in [-0.15, -0.1) is 0 Å². The van der Waals surface area contributed by atoms with Gasteiger partial charge in [-0.1, -0.05) is 31.5 Å². The van der Waals surface area contributed by atoms with Gasteiger partial charge in [0.2, 0.25) is 0 Å². The average Bonchev–Trinajstić information content (AvgIpc) is 2.26. The van der Waals surface area contributed by atoms with Crippen molar-refractivity contribution in [2.45, 2.75) is 33.2 Å². The third-order valence-electron chi connectivity index (χ3n) is 2.42. The molecule has 90 valence electrons. The van der Waals surface area contributed by atoms with Crippen LogP contribution in [-0.2, 0) is 0 Å². The first-order valence-electron chi connectivity index (χ1n) is 5.84. The van der Waals surface area contributed by atoms with E-state index in [1.165, 1.54) is 0 Å². The van der Waals surface area contributed by atoms with Crippen LogP contribution in [-0.4, -0.2) is 13.2 Å². The molecule has 3 heteroatoms. The normalized spacial score (nSPS) is 12.5. The van der Waals surface area contributed by atoms with Gasteiger partial charge in [0.15, 0.2) is 0 Å². The van der Waals surface area contributed by atoms with E-state index in [9.17, 15) is 0 Å². The molecule has 0 radical (unpaired) electrons. The van der Waals surface area contributed by atoms with Crippen molar-refractivity contribution in [3.05, 3.63) is 28.8 Å². The molecule has 1 aromatic rings. The summed E-state index contributed by atoms with van der Waals surface area (Å²) in [6.07, 6.45) is 1.01. The van der Waals surface area contributed by atoms with Crippen molar-refractivity contribution < 1.29 is 4.74 Å². The summed E-state index contributed by atoms with van der Waals surface area (Å²) in [5, 5.41) is 4.11. The van der Waals surface area contributed by atoms with Crippen LogP contribution in [0.4, 0.5) is 0 Å². The third kappa shape index (κ3) is 3.69. The van der Waals surface area contributed by atoms with E-state index in [1.807, 2.05) is 18.2 Å². The van der Waals surface area contributed by atoms with Gasteiger partial charge in [0.25, 0.3) is 0 Å². The number of ether oxygens (including phenoxy) is 1. The zero-order chi connectivity index (χ0) is 12.0. The maximum Gasteiger partial charge on any atom is 0.120 e. The van der Waals surface area contributed by atoms with E-state index in [0.29, 0.717) is 0 Å². The smallest absolute Gasteiger partial charge is 0.120 e. The third-order valence-corrected chi connectivity index (χ3v) is 2.75. The lowest BCUT2D eigenvalue weighted by atomic mass is 10.1. The highest BCUT2D eigenvalue weighted by Gasteiger charge is 2.09. The molecule has 1 rings (SSSR count). The molecule has 0 aromatic heterocycles. The number of benzene rings is 1. The van der Waals surface area contributed by atoms with Gasteiger partial charge in [0, 0.05) is 11.1 Å². The van der Waals surface area contributed by atoms with E-state index in [4.69, 9.17) is 16.3 Å². The standard InChI is InChI=1S/C13H20ClNO/c1-4-8-16-11-6-7-12(13(14)9-11)10(3)15-5-2/h6-7,9-10,15H,4-5,8H2,1-3H3. The van der Waals surface area contributed by atoms with Crippen LogP contribution in [0.2, 0.25) is 5.02 Å². The van der Waals surface area contributed by atoms with Crippen molar-refractivity contribution in [2.75, 3.05) is 13.2 Å². The molecular weight excluding hydrogens is 222 g/mol. The lowest BCUT2D eigenvalue weighted by molar-refractivity contribution is 0.317. The molecule has 1 unspecified atom stereocenters. The molecule has 0 aliphatic rings. The molecule has 0 bridgehead atoms. The quantitative estimate of drug-likeness (QED) is 0.818. The summed E-state index contributed by atoms with van der Waals surface area (Å²) in [6.45, 7) is 7.95. The maximum atomic E-state index is 6.22. The zero-order valence-electron chi connectivity index (χ0n) is 10.2. The molecule has 0 aliphatic carbocycles. The van der Waals surface area contributed by atoms with Crippen LogP contribution in [0.25, 0.3) is 0 Å². The van der Waals surface area contributed by atoms with Crippen molar-refractivity contribution >= 4 is 11.6 Å². The SMILES string of the molecule is CCCOc1ccc(C(C)NCC)c(Cl)c1. The van der Waals surface area contributed by atoms with Crippen molar-refractivity contribution in [1.29, 1.82) is 0 Å². The minimum Gasteiger partial charge on any atom is -0.494 e. The number of hydrogen-bond acceptors (Lipinski definition) is 2. The highest BCUT2D eigenvalue weighted by Crippen LogP contribution is 2.27. The molecule has 0 aliphatic heterocycles. The molecule has 0 amide bonds. The Morgan fingerprint density at radius 2 is 2.12 bits per heavy atom. The largest absolute Gasteiger partial charge is 0.494 e. The first kappa shape index (κ1) is 13.3. The fourth-order valence-corrected chi connectivity index (χ4v) is 1.92. The van der Waals surface area contributed by atoms with Crippen molar-refractivity contribution in [3.8, 4) is 5.75 Å². The van der Waals surface area contributed by atoms with Crippen LogP contribution in [0, 0.1) is 0 Å². The molecule has 16 heavy (non-hydrogen) atoms. The number of nitrogens with one attached hydrogen (secondary N) is 1. The first-order chi connectivity index (χ1) is 7.69. The monoisotopic (exact) mass is 241 g/mol. The van der Waals surface area contributed by atoms with E-state index in [-0.39, 0.29) is 6.04 Å². The molecular formula is C13H20ClNO. The fraction of sp³-hybridized carbons (Fsp3) is 0.538. The minimum atomic E-state index is 0.276. The summed E-state index contributed by atoms with van der Waals surface area (Å²) in [5.41, 5.74) is 1.12. The molecule has 0 saturated heterocycles. The maximum absolute atomic E-state index is 6.22. The summed E-state index contributed by atoms with van der Waals surface area (Å²) in [6, 6.07) is 6.17. The summed E-state index contributed by atoms with van der Waals surface area (Å²) < 4.78 is 5.53. The molecule has 0 saturated carbocycles. The van der Waals surface area contributed by atoms with E-state index in [2.05, 4.69) is 26.1 Å². The van der Waals surface area contributed by atoms with Gasteiger partial charge in [-0.25, -0.2) is 0 Å². The van der Waals surface area contributed by atoms with Crippen molar-refractivity contribution in [3.63, 3.8) is 0 Å². The fourth-order valence-electron chi connectivity index (χ4n) is 1.58. The molecule has 0 fully saturated rings. The molecule has 1 atom stereocenters. The lowest BCUT2D eigenvalue weighted by Gasteiger charge is -2.15. The second-order valence-electron chi connectivity index (χ2n) is 3.81. The number of halogens is 1. The van der Waals surface area contributed by atoms with Crippen LogP contribution in [0.15, 0.2) is 18.2 Å². The van der Waals surface area contributed by atoms with Gasteiger partial charge >= 0.3 is 0 Å². The van der Waals surface area contributed by atoms with Gasteiger partial charge < -0.3 is 10.1 Å². The predicted molar refractivity (Wildman–Crippen MR) is 69.3 cm³/mol. The average molecular weight is 242 g/mol. The summed E-state index contributed by atoms with van der Waals surface area (Å²) in [5.74, 6) is 0.847. The van der Waals surface area contributed by atoms with Gasteiger partial charge in [0.1, 0.15) is 5.75 Å². The molecule has 1 N–H and O–H groups in total. The van der Waals surface area contributed by atoms with Crippen molar-refractivity contribution in [2.24, 2.45) is 0 Å². The van der Waals surface area contributed by atoms with Gasteiger partial charge in [0.05, 0.1) is 6.61 Å². The van der Waals surface area contributed by atoms with Gasteiger partial charge in [-0.05, 0) is 37.6 Å². The van der Waals surface area contributed by atoms with E-state index >= 15 is 0 Å². The summed E-state index contributed by atoms with van der Waals surface area (Å²) >= 11 is 6.22. The van der Waals surface area contributed by atoms with E-state index < -0.39 is 0 Å². The van der Waals surface area contributed by atoms with Crippen LogP contribution >= 0.6 is 11.6 Å². The summed E-state index contributed by atoms with van der Waals surface area (Å²) in [4.78, 5) is 0. The second kappa shape index (κ2) is 6.77. The van der Waals surface area contributed by atoms with Gasteiger partial charge in [-0.2, -0.15) is 0 Å². The first-order valence-corrected chi connectivity index (χ1v) is 6.22. The van der Waals surface area contributed by atoms with Crippen molar-refractivity contribution in [1.82, 2.24) is 5.32 Å². The Balaban J connectivity index is 2.74. The van der Waals surface area contributed by atoms with Crippen LogP contribution in [0.5, 0.6) is 5.75 Å². The summed E-state index contributed by atoms with van der Waals surface area (Å²) in [7, 11) is 0. The Bertz CT molecular complexity index is 328. The van der Waals surface area contributed by atoms with Crippen LogP contribution in [0.1, 0.15) is 38.8 Å². The Morgan fingerprint density at radius 3 is 2.69 bits per heavy atom. The topological polar surface area (TPSA) is 21.3 Å². The highest BCUT2D eigenvalue weighted by molar-refractivity contribution is 6.31. The zero-order valence-corrected chi connectivity index (χ0v) is 11.0. The van der Waals surface area contributed by atoms with Crippen LogP contribution in [0.3, 0.4) is 0 Å². The van der Waals surface area contributed by atoms with E-state index in [1.54, 1.807) is 0 Å². The minimum absolute atomic E-state index is 0.276. The molecule has 1 aromatic carbocycles. The Hall–Kier alpha value is -0.730. The Kier molecular flexibility index (Phi) is 5.64. The van der Waals surface area contributed by atoms with Gasteiger partial charge in [-0.3, -0.25) is 0 Å². The lowest BCUT2D eigenvalue weighted by Crippen LogP contribution is -2.17. The molecule has 0 spiro atoms. The molecule has 0 heterocycles. The molecule has 2 nitrogen and oxygen atoms in total. The Morgan fingerprint density at radius 1 is 1.38 bits per heavy atom. The Labute approximate surface area is 103 Å².